The zero-order valence-electron chi connectivity index (χ0n) is 29.4. The van der Waals surface area contributed by atoms with Gasteiger partial charge in [0.2, 0.25) is 23.6 Å². The van der Waals surface area contributed by atoms with Gasteiger partial charge in [-0.05, 0) is 73.9 Å². The van der Waals surface area contributed by atoms with E-state index in [0.29, 0.717) is 23.1 Å². The lowest BCUT2D eigenvalue weighted by atomic mass is 9.84. The van der Waals surface area contributed by atoms with E-state index in [9.17, 15) is 33.5 Å². The van der Waals surface area contributed by atoms with Crippen molar-refractivity contribution in [3.05, 3.63) is 65.0 Å². The fourth-order valence-corrected chi connectivity index (χ4v) is 5.46. The fraction of sp³-hybridized carbons (Fsp3) is 0.528. The lowest BCUT2D eigenvalue weighted by Crippen LogP contribution is -2.58. The van der Waals surface area contributed by atoms with Gasteiger partial charge >= 0.3 is 6.09 Å². The number of rotatable bonds is 7. The van der Waals surface area contributed by atoms with E-state index in [0.717, 1.165) is 0 Å². The number of halogens is 1. The summed E-state index contributed by atoms with van der Waals surface area (Å²) in [5.41, 5.74) is 0.677. The maximum atomic E-state index is 14.1. The molecule has 1 saturated heterocycles. The number of nitrogens with one attached hydrogen (secondary N) is 4. The summed E-state index contributed by atoms with van der Waals surface area (Å²) in [6.07, 6.45) is -0.277. The lowest BCUT2D eigenvalue weighted by Gasteiger charge is -2.32. The van der Waals surface area contributed by atoms with Gasteiger partial charge in [0.1, 0.15) is 35.3 Å². The first-order chi connectivity index (χ1) is 22.8. The number of nitrogens with zero attached hydrogens (tertiary/aromatic N) is 1. The number of amides is 5. The Morgan fingerprint density at radius 1 is 0.980 bits per heavy atom. The van der Waals surface area contributed by atoms with Crippen LogP contribution in [0.5, 0.6) is 5.75 Å². The van der Waals surface area contributed by atoms with Crippen LogP contribution in [0.2, 0.25) is 0 Å². The van der Waals surface area contributed by atoms with E-state index in [1.54, 1.807) is 39.0 Å². The van der Waals surface area contributed by atoms with Crippen molar-refractivity contribution in [1.82, 2.24) is 26.2 Å². The number of alkyl carbamates (subject to hydrolysis) is 1. The molecule has 2 aromatic carbocycles. The molecule has 0 aliphatic carbocycles. The number of carbonyl (C=O) groups is 5. The third-order valence-corrected chi connectivity index (χ3v) is 8.03. The van der Waals surface area contributed by atoms with E-state index in [2.05, 4.69) is 21.3 Å². The molecule has 5 N–H and O–H groups in total. The first-order valence-electron chi connectivity index (χ1n) is 16.5. The van der Waals surface area contributed by atoms with Gasteiger partial charge in [-0.3, -0.25) is 19.2 Å². The Morgan fingerprint density at radius 2 is 1.63 bits per heavy atom. The van der Waals surface area contributed by atoms with Gasteiger partial charge in [-0.15, -0.1) is 0 Å². The molecule has 0 aromatic heterocycles. The Hall–Kier alpha value is -4.68. The molecule has 3 rings (SSSR count). The molecule has 1 aliphatic heterocycles. The normalized spacial score (nSPS) is 18.7. The number of hydrogen-bond acceptors (Lipinski definition) is 7. The minimum atomic E-state index is -1.19. The molecule has 2 unspecified atom stereocenters. The Kier molecular flexibility index (Phi) is 13.2. The van der Waals surface area contributed by atoms with Crippen molar-refractivity contribution in [2.45, 2.75) is 103 Å². The van der Waals surface area contributed by atoms with Crippen LogP contribution in [0.3, 0.4) is 0 Å². The second kappa shape index (κ2) is 16.6. The zero-order valence-corrected chi connectivity index (χ0v) is 29.4. The van der Waals surface area contributed by atoms with Crippen LogP contribution >= 0.6 is 0 Å². The first kappa shape index (κ1) is 38.8. The average Bonchev–Trinajstić information content (AvgIpc) is 3.00. The highest BCUT2D eigenvalue weighted by Crippen LogP contribution is 2.31. The molecule has 1 fully saturated rings. The van der Waals surface area contributed by atoms with Gasteiger partial charge in [-0.1, -0.05) is 45.0 Å². The van der Waals surface area contributed by atoms with Crippen LogP contribution in [0.15, 0.2) is 42.5 Å². The van der Waals surface area contributed by atoms with Crippen molar-refractivity contribution in [2.24, 2.45) is 0 Å². The van der Waals surface area contributed by atoms with Crippen molar-refractivity contribution in [3.8, 4) is 5.75 Å². The molecule has 0 spiro atoms. The van der Waals surface area contributed by atoms with E-state index in [-0.39, 0.29) is 50.4 Å². The lowest BCUT2D eigenvalue weighted by molar-refractivity contribution is -0.141. The summed E-state index contributed by atoms with van der Waals surface area (Å²) in [5, 5.41) is 21.4. The summed E-state index contributed by atoms with van der Waals surface area (Å²) >= 11 is 0. The van der Waals surface area contributed by atoms with Gasteiger partial charge in [-0.2, -0.15) is 0 Å². The van der Waals surface area contributed by atoms with Crippen LogP contribution in [-0.2, 0) is 42.2 Å². The number of benzene rings is 2. The molecular weight excluding hydrogens is 633 g/mol. The fourth-order valence-electron chi connectivity index (χ4n) is 5.46. The number of carbonyl (C=O) groups excluding carboxylic acids is 5. The summed E-state index contributed by atoms with van der Waals surface area (Å²) < 4.78 is 19.0. The second-order valence-electron chi connectivity index (χ2n) is 14.4. The SMILES string of the molecule is CN(C(=O)[C@H](Cc1ccc(F)cc1)NC(=O)OC(C)(C)C)C1CCCNC(=O)CCNC(=O)C(Cc2ccc(O)c(C(C)(C)C)c2)NC1=O. The predicted octanol–water partition coefficient (Wildman–Crippen LogP) is 3.24. The van der Waals surface area contributed by atoms with Crippen LogP contribution in [0.4, 0.5) is 9.18 Å². The van der Waals surface area contributed by atoms with Crippen LogP contribution < -0.4 is 21.3 Å². The van der Waals surface area contributed by atoms with Gasteiger partial charge in [0.05, 0.1) is 0 Å². The van der Waals surface area contributed by atoms with Crippen molar-refractivity contribution in [1.29, 1.82) is 0 Å². The highest BCUT2D eigenvalue weighted by atomic mass is 19.1. The van der Waals surface area contributed by atoms with Crippen molar-refractivity contribution in [3.63, 3.8) is 0 Å². The first-order valence-corrected chi connectivity index (χ1v) is 16.5. The minimum Gasteiger partial charge on any atom is -0.508 e. The van der Waals surface area contributed by atoms with Gasteiger partial charge in [0, 0.05) is 39.4 Å². The quantitative estimate of drug-likeness (QED) is 0.299. The smallest absolute Gasteiger partial charge is 0.408 e. The predicted molar refractivity (Wildman–Crippen MR) is 182 cm³/mol. The van der Waals surface area contributed by atoms with Gasteiger partial charge < -0.3 is 36.0 Å². The van der Waals surface area contributed by atoms with Gasteiger partial charge in [0.25, 0.3) is 0 Å². The van der Waals surface area contributed by atoms with Crippen LogP contribution in [0.1, 0.15) is 77.5 Å². The molecule has 0 bridgehead atoms. The maximum Gasteiger partial charge on any atom is 0.408 e. The van der Waals surface area contributed by atoms with Crippen molar-refractivity contribution < 1.29 is 38.2 Å². The number of phenolic OH excluding ortho intramolecular Hbond substituents is 1. The number of aromatic hydroxyl groups is 1. The monoisotopic (exact) mass is 683 g/mol. The maximum absolute atomic E-state index is 14.1. The van der Waals surface area contributed by atoms with Crippen molar-refractivity contribution >= 4 is 29.7 Å². The largest absolute Gasteiger partial charge is 0.508 e. The summed E-state index contributed by atoms with van der Waals surface area (Å²) in [5.74, 6) is -2.35. The molecule has 1 heterocycles. The van der Waals surface area contributed by atoms with Gasteiger partial charge in [0.15, 0.2) is 0 Å². The molecule has 49 heavy (non-hydrogen) atoms. The zero-order chi connectivity index (χ0) is 36.5. The van der Waals surface area contributed by atoms with Crippen LogP contribution in [0.25, 0.3) is 0 Å². The van der Waals surface area contributed by atoms with E-state index in [1.807, 2.05) is 20.8 Å². The van der Waals surface area contributed by atoms with E-state index < -0.39 is 58.8 Å². The molecular formula is C36H50FN5O7. The second-order valence-corrected chi connectivity index (χ2v) is 14.4. The number of ether oxygens (including phenoxy) is 1. The van der Waals surface area contributed by atoms with E-state index in [4.69, 9.17) is 4.74 Å². The number of hydrogen-bond donors (Lipinski definition) is 5. The van der Waals surface area contributed by atoms with Crippen LogP contribution in [-0.4, -0.2) is 83.6 Å². The Labute approximate surface area is 287 Å². The molecule has 1 aliphatic rings. The number of phenols is 1. The highest BCUT2D eigenvalue weighted by Gasteiger charge is 2.35. The Bertz CT molecular complexity index is 1500. The van der Waals surface area contributed by atoms with Crippen molar-refractivity contribution in [2.75, 3.05) is 20.1 Å². The molecule has 0 saturated carbocycles. The Morgan fingerprint density at radius 3 is 2.27 bits per heavy atom. The standard InChI is InChI=1S/C36H50FN5O7/c1-35(2,3)25-19-23(12-15-29(25)43)21-26-31(45)39-18-16-30(44)38-17-8-9-28(32(46)40-26)42(7)33(47)27(41-34(48)49-36(4,5)6)20-22-10-13-24(37)14-11-22/h10-15,19,26-28,43H,8-9,16-18,20-21H2,1-7H3,(H,38,44)(H,39,45)(H,40,46)(H,41,48)/t26?,27-,28?/m0/s1. The Balaban J connectivity index is 1.94. The highest BCUT2D eigenvalue weighted by molar-refractivity contribution is 5.94. The number of likely N-dealkylation sites (N-methyl/N-ethyl adjacent to an activating group) is 1. The molecule has 3 atom stereocenters. The summed E-state index contributed by atoms with van der Waals surface area (Å²) in [6, 6.07) is 7.15. The summed E-state index contributed by atoms with van der Waals surface area (Å²) in [7, 11) is 1.43. The molecule has 0 radical (unpaired) electrons. The average molecular weight is 684 g/mol. The van der Waals surface area contributed by atoms with E-state index >= 15 is 0 Å². The van der Waals surface area contributed by atoms with E-state index in [1.165, 1.54) is 36.2 Å². The molecule has 5 amide bonds. The molecule has 2 aromatic rings. The summed E-state index contributed by atoms with van der Waals surface area (Å²) in [6.45, 7) is 11.2. The minimum absolute atomic E-state index is 0.0188. The topological polar surface area (TPSA) is 166 Å². The molecule has 13 heteroatoms. The summed E-state index contributed by atoms with van der Waals surface area (Å²) in [4.78, 5) is 67.9. The molecule has 12 nitrogen and oxygen atoms in total. The molecule has 268 valence electrons. The third kappa shape index (κ3) is 12.1. The third-order valence-electron chi connectivity index (χ3n) is 8.03. The van der Waals surface area contributed by atoms with Crippen LogP contribution in [0, 0.1) is 5.82 Å². The van der Waals surface area contributed by atoms with Gasteiger partial charge in [-0.25, -0.2) is 9.18 Å².